The average molecular weight is 381 g/mol. The molecule has 1 amide bonds. The molecule has 0 spiro atoms. The van der Waals surface area contributed by atoms with Gasteiger partial charge in [0.05, 0.1) is 21.0 Å². The van der Waals surface area contributed by atoms with Crippen molar-refractivity contribution in [2.75, 3.05) is 0 Å². The number of benzene rings is 2. The molecule has 3 rings (SSSR count). The number of amides is 1. The molecule has 0 aliphatic carbocycles. The molecule has 1 aliphatic rings. The van der Waals surface area contributed by atoms with Gasteiger partial charge in [-0.2, -0.15) is 5.06 Å². The van der Waals surface area contributed by atoms with Crippen molar-refractivity contribution in [3.05, 3.63) is 64.1 Å². The van der Waals surface area contributed by atoms with Crippen molar-refractivity contribution in [2.24, 2.45) is 4.99 Å². The second-order valence-electron chi connectivity index (χ2n) is 5.14. The quantitative estimate of drug-likeness (QED) is 0.742. The summed E-state index contributed by atoms with van der Waals surface area (Å²) < 4.78 is 0. The fourth-order valence-electron chi connectivity index (χ4n) is 2.08. The summed E-state index contributed by atoms with van der Waals surface area (Å²) in [6.07, 6.45) is 0. The smallest absolute Gasteiger partial charge is 0.266 e. The third-order valence-corrected chi connectivity index (χ3v) is 5.10. The van der Waals surface area contributed by atoms with E-state index in [4.69, 9.17) is 28.0 Å². The molecule has 1 aliphatic heterocycles. The molecule has 124 valence electrons. The lowest BCUT2D eigenvalue weighted by Crippen LogP contribution is -2.31. The van der Waals surface area contributed by atoms with Crippen LogP contribution in [-0.4, -0.2) is 21.4 Å². The molecule has 0 saturated carbocycles. The highest BCUT2D eigenvalue weighted by Gasteiger charge is 2.36. The number of amidine groups is 1. The number of hydrogen-bond donors (Lipinski definition) is 0. The van der Waals surface area contributed by atoms with Gasteiger partial charge in [0.25, 0.3) is 5.91 Å². The topological polar surface area (TPSA) is 41.9 Å². The number of carbonyl (C=O) groups is 1. The van der Waals surface area contributed by atoms with Crippen molar-refractivity contribution in [1.82, 2.24) is 5.06 Å². The van der Waals surface area contributed by atoms with Crippen LogP contribution in [0.25, 0.3) is 0 Å². The largest absolute Gasteiger partial charge is 0.271 e. The van der Waals surface area contributed by atoms with Crippen molar-refractivity contribution in [1.29, 1.82) is 0 Å². The summed E-state index contributed by atoms with van der Waals surface area (Å²) in [5, 5.41) is 2.37. The summed E-state index contributed by atoms with van der Waals surface area (Å²) in [6, 6.07) is 14.7. The van der Waals surface area contributed by atoms with Crippen LogP contribution in [0.2, 0.25) is 10.0 Å². The Morgan fingerprint density at radius 2 is 1.92 bits per heavy atom. The van der Waals surface area contributed by atoms with E-state index in [0.29, 0.717) is 27.5 Å². The first kappa shape index (κ1) is 17.3. The van der Waals surface area contributed by atoms with Gasteiger partial charge in [-0.25, -0.2) is 4.99 Å². The third kappa shape index (κ3) is 3.92. The Kier molecular flexibility index (Phi) is 5.46. The first-order valence-corrected chi connectivity index (χ1v) is 8.89. The molecular formula is C17H14Cl2N2O2S. The minimum absolute atomic E-state index is 0.130. The van der Waals surface area contributed by atoms with Crippen LogP contribution in [-0.2, 0) is 16.2 Å². The van der Waals surface area contributed by atoms with E-state index >= 15 is 0 Å². The average Bonchev–Trinajstić information content (AvgIpc) is 2.84. The SMILES string of the molecule is CC1SC(=Nc2ccc(Cl)c(Cl)c2)N(OCc2ccccc2)C1=O. The van der Waals surface area contributed by atoms with Crippen LogP contribution >= 0.6 is 35.0 Å². The number of carbonyl (C=O) groups excluding carboxylic acids is 1. The predicted octanol–water partition coefficient (Wildman–Crippen LogP) is 5.08. The summed E-state index contributed by atoms with van der Waals surface area (Å²) >= 11 is 13.3. The van der Waals surface area contributed by atoms with Gasteiger partial charge in [-0.3, -0.25) is 9.63 Å². The Morgan fingerprint density at radius 3 is 2.62 bits per heavy atom. The molecule has 1 atom stereocenters. The lowest BCUT2D eigenvalue weighted by molar-refractivity contribution is -0.163. The van der Waals surface area contributed by atoms with E-state index in [9.17, 15) is 4.79 Å². The van der Waals surface area contributed by atoms with Gasteiger partial charge in [0, 0.05) is 0 Å². The maximum Gasteiger partial charge on any atom is 0.266 e. The van der Waals surface area contributed by atoms with E-state index < -0.39 is 0 Å². The number of aliphatic imine (C=N–C) groups is 1. The van der Waals surface area contributed by atoms with Crippen molar-refractivity contribution < 1.29 is 9.63 Å². The fourth-order valence-corrected chi connectivity index (χ4v) is 3.29. The van der Waals surface area contributed by atoms with Gasteiger partial charge in [-0.05, 0) is 30.7 Å². The fraction of sp³-hybridized carbons (Fsp3) is 0.176. The number of hydrogen-bond acceptors (Lipinski definition) is 4. The van der Waals surface area contributed by atoms with Crippen molar-refractivity contribution in [3.63, 3.8) is 0 Å². The molecule has 1 fully saturated rings. The molecular weight excluding hydrogens is 367 g/mol. The first-order chi connectivity index (χ1) is 11.5. The minimum atomic E-state index is -0.248. The van der Waals surface area contributed by atoms with Gasteiger partial charge in [0.15, 0.2) is 5.17 Å². The zero-order valence-corrected chi connectivity index (χ0v) is 15.1. The van der Waals surface area contributed by atoms with Crippen LogP contribution < -0.4 is 0 Å². The summed E-state index contributed by atoms with van der Waals surface area (Å²) in [7, 11) is 0. The third-order valence-electron chi connectivity index (χ3n) is 3.33. The molecule has 1 unspecified atom stereocenters. The van der Waals surface area contributed by atoms with Crippen LogP contribution in [0.15, 0.2) is 53.5 Å². The predicted molar refractivity (Wildman–Crippen MR) is 98.7 cm³/mol. The molecule has 2 aromatic carbocycles. The Bertz CT molecular complexity index is 783. The van der Waals surface area contributed by atoms with Gasteiger partial charge < -0.3 is 0 Å². The number of rotatable bonds is 4. The van der Waals surface area contributed by atoms with Crippen LogP contribution in [0.4, 0.5) is 5.69 Å². The number of thioether (sulfide) groups is 1. The summed E-state index contributed by atoms with van der Waals surface area (Å²) in [4.78, 5) is 22.5. The lowest BCUT2D eigenvalue weighted by atomic mass is 10.2. The molecule has 24 heavy (non-hydrogen) atoms. The van der Waals surface area contributed by atoms with Gasteiger partial charge >= 0.3 is 0 Å². The van der Waals surface area contributed by atoms with E-state index in [0.717, 1.165) is 5.56 Å². The van der Waals surface area contributed by atoms with Gasteiger partial charge in [0.1, 0.15) is 6.61 Å². The van der Waals surface area contributed by atoms with Gasteiger partial charge in [0.2, 0.25) is 0 Å². The Hall–Kier alpha value is -1.53. The molecule has 1 saturated heterocycles. The van der Waals surface area contributed by atoms with Gasteiger partial charge in [-0.1, -0.05) is 65.3 Å². The highest BCUT2D eigenvalue weighted by atomic mass is 35.5. The van der Waals surface area contributed by atoms with Crippen LogP contribution in [0.1, 0.15) is 12.5 Å². The molecule has 0 N–H and O–H groups in total. The zero-order chi connectivity index (χ0) is 17.1. The molecule has 2 aromatic rings. The molecule has 0 aromatic heterocycles. The van der Waals surface area contributed by atoms with E-state index in [1.54, 1.807) is 18.2 Å². The second kappa shape index (κ2) is 7.57. The highest BCUT2D eigenvalue weighted by Crippen LogP contribution is 2.32. The summed E-state index contributed by atoms with van der Waals surface area (Å²) in [6.45, 7) is 2.11. The van der Waals surface area contributed by atoms with Crippen molar-refractivity contribution in [2.45, 2.75) is 18.8 Å². The van der Waals surface area contributed by atoms with Gasteiger partial charge in [-0.15, -0.1) is 0 Å². The van der Waals surface area contributed by atoms with Crippen LogP contribution in [0.3, 0.4) is 0 Å². The zero-order valence-electron chi connectivity index (χ0n) is 12.8. The molecule has 1 heterocycles. The maximum absolute atomic E-state index is 12.3. The Morgan fingerprint density at radius 1 is 1.17 bits per heavy atom. The Labute approximate surface area is 154 Å². The first-order valence-electron chi connectivity index (χ1n) is 7.26. The summed E-state index contributed by atoms with van der Waals surface area (Å²) in [5.41, 5.74) is 1.59. The monoisotopic (exact) mass is 380 g/mol. The molecule has 0 bridgehead atoms. The molecule has 7 heteroatoms. The van der Waals surface area contributed by atoms with E-state index in [2.05, 4.69) is 4.99 Å². The van der Waals surface area contributed by atoms with Crippen molar-refractivity contribution >= 4 is 51.7 Å². The number of hydroxylamine groups is 2. The number of halogens is 2. The lowest BCUT2D eigenvalue weighted by Gasteiger charge is -2.15. The second-order valence-corrected chi connectivity index (χ2v) is 7.27. The van der Waals surface area contributed by atoms with Crippen LogP contribution in [0.5, 0.6) is 0 Å². The molecule has 0 radical (unpaired) electrons. The standard InChI is InChI=1S/C17H14Cl2N2O2S/c1-11-16(22)21(23-10-12-5-3-2-4-6-12)17(24-11)20-13-7-8-14(18)15(19)9-13/h2-9,11H,10H2,1H3. The molecule has 4 nitrogen and oxygen atoms in total. The van der Waals surface area contributed by atoms with E-state index in [1.165, 1.54) is 16.8 Å². The van der Waals surface area contributed by atoms with Crippen LogP contribution in [0, 0.1) is 0 Å². The van der Waals surface area contributed by atoms with E-state index in [1.807, 2.05) is 37.3 Å². The summed E-state index contributed by atoms with van der Waals surface area (Å²) in [5.74, 6) is -0.130. The number of nitrogens with zero attached hydrogens (tertiary/aromatic N) is 2. The van der Waals surface area contributed by atoms with E-state index in [-0.39, 0.29) is 11.2 Å². The normalized spacial score (nSPS) is 19.3. The minimum Gasteiger partial charge on any atom is -0.271 e. The Balaban J connectivity index is 1.80. The maximum atomic E-state index is 12.3. The van der Waals surface area contributed by atoms with Crippen molar-refractivity contribution in [3.8, 4) is 0 Å². The highest BCUT2D eigenvalue weighted by molar-refractivity contribution is 8.15.